The second-order valence-electron chi connectivity index (χ2n) is 7.82. The van der Waals surface area contributed by atoms with Crippen molar-refractivity contribution in [3.8, 4) is 5.75 Å². The molecule has 1 N–H and O–H groups in total. The Hall–Kier alpha value is -4.39. The van der Waals surface area contributed by atoms with Crippen LogP contribution in [0, 0.1) is 0 Å². The highest BCUT2D eigenvalue weighted by molar-refractivity contribution is 6.51. The van der Waals surface area contributed by atoms with Gasteiger partial charge in [-0.25, -0.2) is 0 Å². The number of carbonyl (C=O) groups excluding carboxylic acids is 2. The number of Topliss-reactive ketones (excluding diaryl/α,β-unsaturated/α-hetero) is 1. The van der Waals surface area contributed by atoms with Crippen LogP contribution in [0.25, 0.3) is 16.7 Å². The zero-order valence-corrected chi connectivity index (χ0v) is 18.1. The van der Waals surface area contributed by atoms with Crippen LogP contribution in [0.2, 0.25) is 0 Å². The minimum Gasteiger partial charge on any atom is -0.507 e. The van der Waals surface area contributed by atoms with E-state index < -0.39 is 17.7 Å². The van der Waals surface area contributed by atoms with Crippen molar-refractivity contribution in [1.82, 2.24) is 9.55 Å². The van der Waals surface area contributed by atoms with E-state index in [2.05, 4.69) is 4.98 Å². The molecular weight excluding hydrogens is 418 g/mol. The first-order valence-corrected chi connectivity index (χ1v) is 10.4. The van der Waals surface area contributed by atoms with Gasteiger partial charge in [-0.05, 0) is 42.5 Å². The standard InChI is InChI=1S/C26H21N3O4/c1-28-15-20(19-5-3-4-6-21(19)28)23-22(24(30)16-11-13-27-14-12-16)25(31)26(32)29(23)17-7-9-18(33-2)10-8-17/h3-15,23,30H,1-2H3/b24-22+. The molecule has 0 saturated carbocycles. The van der Waals surface area contributed by atoms with Crippen molar-refractivity contribution >= 4 is 34.0 Å². The average Bonchev–Trinajstić information content (AvgIpc) is 3.33. The number of carbonyl (C=O) groups is 2. The largest absolute Gasteiger partial charge is 0.507 e. The van der Waals surface area contributed by atoms with Crippen molar-refractivity contribution in [2.45, 2.75) is 6.04 Å². The number of aromatic nitrogens is 2. The summed E-state index contributed by atoms with van der Waals surface area (Å²) in [5.74, 6) is -1.04. The molecule has 1 saturated heterocycles. The predicted octanol–water partition coefficient (Wildman–Crippen LogP) is 4.21. The molecule has 5 rings (SSSR count). The summed E-state index contributed by atoms with van der Waals surface area (Å²) in [6.07, 6.45) is 4.96. The fraction of sp³-hybridized carbons (Fsp3) is 0.115. The van der Waals surface area contributed by atoms with E-state index in [4.69, 9.17) is 4.74 Å². The Balaban J connectivity index is 1.78. The van der Waals surface area contributed by atoms with Crippen molar-refractivity contribution < 1.29 is 19.4 Å². The third kappa shape index (κ3) is 3.25. The highest BCUT2D eigenvalue weighted by Crippen LogP contribution is 2.44. The van der Waals surface area contributed by atoms with E-state index in [0.717, 1.165) is 16.5 Å². The van der Waals surface area contributed by atoms with Crippen molar-refractivity contribution in [2.75, 3.05) is 12.0 Å². The number of ketones is 1. The molecule has 4 aromatic rings. The summed E-state index contributed by atoms with van der Waals surface area (Å²) in [5.41, 5.74) is 2.70. The maximum Gasteiger partial charge on any atom is 0.300 e. The average molecular weight is 439 g/mol. The number of anilines is 1. The molecule has 1 aliphatic rings. The van der Waals surface area contributed by atoms with Crippen LogP contribution in [-0.2, 0) is 16.6 Å². The summed E-state index contributed by atoms with van der Waals surface area (Å²) in [7, 11) is 3.47. The van der Waals surface area contributed by atoms with Gasteiger partial charge in [0.1, 0.15) is 11.5 Å². The number of pyridine rings is 1. The van der Waals surface area contributed by atoms with Gasteiger partial charge in [-0.2, -0.15) is 0 Å². The number of aliphatic hydroxyl groups is 1. The first-order valence-electron chi connectivity index (χ1n) is 10.4. The summed E-state index contributed by atoms with van der Waals surface area (Å²) in [6.45, 7) is 0. The van der Waals surface area contributed by atoms with Gasteiger partial charge in [0.2, 0.25) is 0 Å². The second-order valence-corrected chi connectivity index (χ2v) is 7.82. The topological polar surface area (TPSA) is 84.7 Å². The fourth-order valence-corrected chi connectivity index (χ4v) is 4.39. The maximum atomic E-state index is 13.3. The lowest BCUT2D eigenvalue weighted by molar-refractivity contribution is -0.132. The van der Waals surface area contributed by atoms with Crippen molar-refractivity contribution in [3.63, 3.8) is 0 Å². The van der Waals surface area contributed by atoms with Gasteiger partial charge in [0.05, 0.1) is 18.7 Å². The summed E-state index contributed by atoms with van der Waals surface area (Å²) in [5, 5.41) is 12.1. The number of ether oxygens (including phenoxy) is 1. The minimum absolute atomic E-state index is 0.0402. The lowest BCUT2D eigenvalue weighted by Gasteiger charge is -2.25. The summed E-state index contributed by atoms with van der Waals surface area (Å²) >= 11 is 0. The normalized spacial score (nSPS) is 17.6. The highest BCUT2D eigenvalue weighted by Gasteiger charge is 2.47. The van der Waals surface area contributed by atoms with Crippen LogP contribution < -0.4 is 9.64 Å². The van der Waals surface area contributed by atoms with Crippen LogP contribution in [0.5, 0.6) is 5.75 Å². The van der Waals surface area contributed by atoms with Crippen LogP contribution in [0.4, 0.5) is 5.69 Å². The summed E-state index contributed by atoms with van der Waals surface area (Å²) < 4.78 is 7.19. The van der Waals surface area contributed by atoms with Gasteiger partial charge >= 0.3 is 0 Å². The first kappa shape index (κ1) is 20.5. The van der Waals surface area contributed by atoms with Crippen molar-refractivity contribution in [2.24, 2.45) is 7.05 Å². The third-order valence-electron chi connectivity index (χ3n) is 5.97. The van der Waals surface area contributed by atoms with E-state index >= 15 is 0 Å². The van der Waals surface area contributed by atoms with Crippen LogP contribution in [0.3, 0.4) is 0 Å². The molecule has 1 amide bonds. The number of para-hydroxylation sites is 1. The van der Waals surface area contributed by atoms with E-state index in [0.29, 0.717) is 17.0 Å². The quantitative estimate of drug-likeness (QED) is 0.293. The molecule has 1 fully saturated rings. The Morgan fingerprint density at radius 1 is 1.00 bits per heavy atom. The lowest BCUT2D eigenvalue weighted by Crippen LogP contribution is -2.29. The highest BCUT2D eigenvalue weighted by atomic mass is 16.5. The van der Waals surface area contributed by atoms with Crippen molar-refractivity contribution in [1.29, 1.82) is 0 Å². The Morgan fingerprint density at radius 3 is 2.39 bits per heavy atom. The molecule has 33 heavy (non-hydrogen) atoms. The molecule has 1 aliphatic heterocycles. The molecule has 0 radical (unpaired) electrons. The predicted molar refractivity (Wildman–Crippen MR) is 125 cm³/mol. The minimum atomic E-state index is -0.808. The number of nitrogens with zero attached hydrogens (tertiary/aromatic N) is 3. The number of amides is 1. The zero-order valence-electron chi connectivity index (χ0n) is 18.1. The lowest BCUT2D eigenvalue weighted by atomic mass is 9.95. The molecule has 3 heterocycles. The second kappa shape index (κ2) is 7.94. The van der Waals surface area contributed by atoms with Crippen LogP contribution in [-0.4, -0.2) is 33.5 Å². The van der Waals surface area contributed by atoms with E-state index in [1.54, 1.807) is 43.5 Å². The van der Waals surface area contributed by atoms with Gasteiger partial charge in [-0.1, -0.05) is 18.2 Å². The molecule has 0 aliphatic carbocycles. The van der Waals surface area contributed by atoms with E-state index in [1.165, 1.54) is 17.3 Å². The smallest absolute Gasteiger partial charge is 0.300 e. The van der Waals surface area contributed by atoms with Gasteiger partial charge in [-0.3, -0.25) is 19.5 Å². The summed E-state index contributed by atoms with van der Waals surface area (Å²) in [4.78, 5) is 32.0. The van der Waals surface area contributed by atoms with E-state index in [1.807, 2.05) is 42.1 Å². The number of methoxy groups -OCH3 is 1. The van der Waals surface area contributed by atoms with E-state index in [-0.39, 0.29) is 11.3 Å². The Kier molecular flexibility index (Phi) is 4.94. The number of aryl methyl sites for hydroxylation is 1. The monoisotopic (exact) mass is 439 g/mol. The third-order valence-corrected chi connectivity index (χ3v) is 5.97. The number of fused-ring (bicyclic) bond motifs is 1. The van der Waals surface area contributed by atoms with Gasteiger partial charge in [0, 0.05) is 53.4 Å². The molecule has 2 aromatic carbocycles. The van der Waals surface area contributed by atoms with Crippen LogP contribution >= 0.6 is 0 Å². The number of hydrogen-bond donors (Lipinski definition) is 1. The Labute approximate surface area is 190 Å². The first-order chi connectivity index (χ1) is 16.0. The van der Waals surface area contributed by atoms with Crippen molar-refractivity contribution in [3.05, 3.63) is 96.0 Å². The van der Waals surface area contributed by atoms with Crippen LogP contribution in [0.15, 0.2) is 84.8 Å². The van der Waals surface area contributed by atoms with Crippen LogP contribution in [0.1, 0.15) is 17.2 Å². The zero-order chi connectivity index (χ0) is 23.1. The number of benzene rings is 2. The Bertz CT molecular complexity index is 1400. The molecule has 164 valence electrons. The molecule has 0 spiro atoms. The van der Waals surface area contributed by atoms with Gasteiger partial charge in [0.25, 0.3) is 11.7 Å². The number of rotatable bonds is 4. The molecule has 1 atom stereocenters. The molecule has 0 bridgehead atoms. The van der Waals surface area contributed by atoms with Gasteiger partial charge in [-0.15, -0.1) is 0 Å². The van der Waals surface area contributed by atoms with E-state index in [9.17, 15) is 14.7 Å². The Morgan fingerprint density at radius 2 is 1.70 bits per heavy atom. The molecular formula is C26H21N3O4. The number of aliphatic hydroxyl groups excluding tert-OH is 1. The maximum absolute atomic E-state index is 13.3. The molecule has 7 heteroatoms. The fourth-order valence-electron chi connectivity index (χ4n) is 4.39. The molecule has 2 aromatic heterocycles. The van der Waals surface area contributed by atoms with Gasteiger partial charge < -0.3 is 14.4 Å². The van der Waals surface area contributed by atoms with Gasteiger partial charge in [0.15, 0.2) is 0 Å². The molecule has 1 unspecified atom stereocenters. The summed E-state index contributed by atoms with van der Waals surface area (Å²) in [6, 6.07) is 17.1. The molecule has 7 nitrogen and oxygen atoms in total. The SMILES string of the molecule is COc1ccc(N2C(=O)C(=O)/C(=C(/O)c3ccncc3)C2c2cn(C)c3ccccc23)cc1. The number of hydrogen-bond acceptors (Lipinski definition) is 5.